The standard InChI is InChI=1S/C32H22FN3O2S2/c33-28-17-8-7-16-25(28)30(37)35-23-14-9-15-24(18-23)40-29(22-12-5-2-6-13-22)31(38)36-32-26(19-34)27(20-39-32)21-10-3-1-4-11-21/h1-18,20,29H,(H,35,37)(H,36,38). The van der Waals surface area contributed by atoms with Gasteiger partial charge in [-0.15, -0.1) is 23.1 Å². The highest BCUT2D eigenvalue weighted by Crippen LogP contribution is 2.40. The maximum Gasteiger partial charge on any atom is 0.258 e. The summed E-state index contributed by atoms with van der Waals surface area (Å²) in [5.41, 5.74) is 3.29. The van der Waals surface area contributed by atoms with Gasteiger partial charge in [-0.2, -0.15) is 5.26 Å². The van der Waals surface area contributed by atoms with Crippen LogP contribution < -0.4 is 10.6 Å². The molecule has 0 saturated carbocycles. The summed E-state index contributed by atoms with van der Waals surface area (Å²) < 4.78 is 14.1. The smallest absolute Gasteiger partial charge is 0.258 e. The summed E-state index contributed by atoms with van der Waals surface area (Å²) in [7, 11) is 0. The molecule has 0 saturated heterocycles. The van der Waals surface area contributed by atoms with E-state index in [4.69, 9.17) is 0 Å². The normalized spacial score (nSPS) is 11.3. The van der Waals surface area contributed by atoms with E-state index in [2.05, 4.69) is 16.7 Å². The van der Waals surface area contributed by atoms with Crippen molar-refractivity contribution in [2.75, 3.05) is 10.6 Å². The minimum Gasteiger partial charge on any atom is -0.322 e. The van der Waals surface area contributed by atoms with Crippen LogP contribution in [0.25, 0.3) is 11.1 Å². The topological polar surface area (TPSA) is 82.0 Å². The van der Waals surface area contributed by atoms with E-state index in [1.165, 1.54) is 41.3 Å². The summed E-state index contributed by atoms with van der Waals surface area (Å²) >= 11 is 2.62. The number of amides is 2. The third-order valence-electron chi connectivity index (χ3n) is 6.03. The number of thiophene rings is 1. The summed E-state index contributed by atoms with van der Waals surface area (Å²) in [6.45, 7) is 0. The number of carbonyl (C=O) groups is 2. The lowest BCUT2D eigenvalue weighted by Crippen LogP contribution is -2.19. The van der Waals surface area contributed by atoms with Gasteiger partial charge in [0.25, 0.3) is 5.91 Å². The number of anilines is 2. The Kier molecular flexibility index (Phi) is 8.35. The van der Waals surface area contributed by atoms with Gasteiger partial charge in [0, 0.05) is 21.5 Å². The molecule has 0 radical (unpaired) electrons. The first-order valence-corrected chi connectivity index (χ1v) is 14.0. The van der Waals surface area contributed by atoms with E-state index < -0.39 is 17.0 Å². The highest BCUT2D eigenvalue weighted by Gasteiger charge is 2.25. The van der Waals surface area contributed by atoms with Gasteiger partial charge in [0.05, 0.1) is 11.1 Å². The van der Waals surface area contributed by atoms with Crippen LogP contribution in [-0.2, 0) is 4.79 Å². The van der Waals surface area contributed by atoms with Crippen molar-refractivity contribution < 1.29 is 14.0 Å². The summed E-state index contributed by atoms with van der Waals surface area (Å²) in [4.78, 5) is 27.0. The van der Waals surface area contributed by atoms with Gasteiger partial charge in [-0.3, -0.25) is 9.59 Å². The van der Waals surface area contributed by atoms with Crippen molar-refractivity contribution in [2.45, 2.75) is 10.1 Å². The zero-order valence-corrected chi connectivity index (χ0v) is 22.6. The molecule has 1 unspecified atom stereocenters. The van der Waals surface area contributed by atoms with Gasteiger partial charge in [-0.05, 0) is 41.5 Å². The summed E-state index contributed by atoms with van der Waals surface area (Å²) in [6.07, 6.45) is 0. The molecule has 2 N–H and O–H groups in total. The molecule has 0 fully saturated rings. The number of nitriles is 1. The second-order valence-corrected chi connectivity index (χ2v) is 10.7. The van der Waals surface area contributed by atoms with E-state index in [1.54, 1.807) is 24.3 Å². The Hall–Kier alpha value is -4.71. The maximum absolute atomic E-state index is 14.1. The number of hydrogen-bond donors (Lipinski definition) is 2. The van der Waals surface area contributed by atoms with Crippen LogP contribution >= 0.6 is 23.1 Å². The molecular weight excluding hydrogens is 542 g/mol. The molecule has 40 heavy (non-hydrogen) atoms. The molecule has 0 spiro atoms. The van der Waals surface area contributed by atoms with E-state index in [-0.39, 0.29) is 11.5 Å². The van der Waals surface area contributed by atoms with E-state index in [0.717, 1.165) is 21.6 Å². The van der Waals surface area contributed by atoms with Crippen LogP contribution in [0.4, 0.5) is 15.1 Å². The average Bonchev–Trinajstić information content (AvgIpc) is 3.39. The first-order valence-electron chi connectivity index (χ1n) is 12.3. The van der Waals surface area contributed by atoms with Gasteiger partial charge in [0.15, 0.2) is 0 Å². The van der Waals surface area contributed by atoms with E-state index in [1.807, 2.05) is 72.1 Å². The summed E-state index contributed by atoms with van der Waals surface area (Å²) in [5, 5.41) is 17.3. The first kappa shape index (κ1) is 26.9. The predicted octanol–water partition coefficient (Wildman–Crippen LogP) is 8.15. The fourth-order valence-electron chi connectivity index (χ4n) is 4.10. The van der Waals surface area contributed by atoms with Crippen LogP contribution in [0, 0.1) is 17.1 Å². The van der Waals surface area contributed by atoms with Crippen LogP contribution in [0.3, 0.4) is 0 Å². The Morgan fingerprint density at radius 1 is 0.850 bits per heavy atom. The lowest BCUT2D eigenvalue weighted by atomic mass is 10.1. The quantitative estimate of drug-likeness (QED) is 0.187. The largest absolute Gasteiger partial charge is 0.322 e. The molecule has 5 aromatic rings. The summed E-state index contributed by atoms with van der Waals surface area (Å²) in [6, 6.07) is 34.0. The SMILES string of the molecule is N#Cc1c(-c2ccccc2)csc1NC(=O)C(Sc1cccc(NC(=O)c2ccccc2F)c1)c1ccccc1. The monoisotopic (exact) mass is 563 g/mol. The van der Waals surface area contributed by atoms with Crippen molar-refractivity contribution in [1.82, 2.24) is 0 Å². The third kappa shape index (κ3) is 6.12. The lowest BCUT2D eigenvalue weighted by molar-refractivity contribution is -0.115. The number of nitrogens with one attached hydrogen (secondary N) is 2. The van der Waals surface area contributed by atoms with E-state index in [0.29, 0.717) is 16.3 Å². The fourth-order valence-corrected chi connectivity index (χ4v) is 6.10. The molecule has 1 atom stereocenters. The lowest BCUT2D eigenvalue weighted by Gasteiger charge is -2.17. The molecule has 0 aliphatic carbocycles. The molecule has 5 rings (SSSR count). The number of carbonyl (C=O) groups excluding carboxylic acids is 2. The second-order valence-electron chi connectivity index (χ2n) is 8.69. The Bertz CT molecular complexity index is 1700. The Morgan fingerprint density at radius 3 is 2.27 bits per heavy atom. The maximum atomic E-state index is 14.1. The van der Waals surface area contributed by atoms with Gasteiger partial charge in [-0.25, -0.2) is 4.39 Å². The zero-order chi connectivity index (χ0) is 27.9. The van der Waals surface area contributed by atoms with Crippen LogP contribution in [0.1, 0.15) is 26.7 Å². The molecule has 8 heteroatoms. The highest BCUT2D eigenvalue weighted by atomic mass is 32.2. The van der Waals surface area contributed by atoms with Gasteiger partial charge in [0.2, 0.25) is 5.91 Å². The Morgan fingerprint density at radius 2 is 1.55 bits per heavy atom. The average molecular weight is 564 g/mol. The predicted molar refractivity (Wildman–Crippen MR) is 159 cm³/mol. The Balaban J connectivity index is 1.39. The number of hydrogen-bond acceptors (Lipinski definition) is 5. The highest BCUT2D eigenvalue weighted by molar-refractivity contribution is 8.00. The number of benzene rings is 4. The van der Waals surface area contributed by atoms with Crippen LogP contribution in [0.2, 0.25) is 0 Å². The van der Waals surface area contributed by atoms with Crippen LogP contribution in [-0.4, -0.2) is 11.8 Å². The molecule has 0 aliphatic rings. The van der Waals surface area contributed by atoms with Crippen LogP contribution in [0.15, 0.2) is 119 Å². The van der Waals surface area contributed by atoms with Crippen molar-refractivity contribution in [3.8, 4) is 17.2 Å². The molecule has 5 nitrogen and oxygen atoms in total. The minimum atomic E-state index is -0.646. The zero-order valence-electron chi connectivity index (χ0n) is 21.0. The molecule has 0 aliphatic heterocycles. The minimum absolute atomic E-state index is 0.0544. The Labute approximate surface area is 239 Å². The number of halogens is 1. The molecule has 1 aromatic heterocycles. The number of nitrogens with zero attached hydrogens (tertiary/aromatic N) is 1. The third-order valence-corrected chi connectivity index (χ3v) is 8.17. The molecule has 2 amide bonds. The molecule has 1 heterocycles. The first-order chi connectivity index (χ1) is 19.5. The van der Waals surface area contributed by atoms with Crippen molar-refractivity contribution in [2.24, 2.45) is 0 Å². The van der Waals surface area contributed by atoms with Gasteiger partial charge >= 0.3 is 0 Å². The fraction of sp³-hybridized carbons (Fsp3) is 0.0312. The number of thioether (sulfide) groups is 1. The van der Waals surface area contributed by atoms with Crippen molar-refractivity contribution >= 4 is 45.6 Å². The van der Waals surface area contributed by atoms with E-state index >= 15 is 0 Å². The molecule has 196 valence electrons. The van der Waals surface area contributed by atoms with Gasteiger partial charge in [0.1, 0.15) is 22.1 Å². The van der Waals surface area contributed by atoms with E-state index in [9.17, 15) is 19.2 Å². The molecule has 4 aromatic carbocycles. The van der Waals surface area contributed by atoms with Crippen molar-refractivity contribution in [3.63, 3.8) is 0 Å². The van der Waals surface area contributed by atoms with Crippen molar-refractivity contribution in [1.29, 1.82) is 5.26 Å². The van der Waals surface area contributed by atoms with Crippen LogP contribution in [0.5, 0.6) is 0 Å². The number of rotatable bonds is 8. The molecular formula is C32H22FN3O2S2. The van der Waals surface area contributed by atoms with Crippen molar-refractivity contribution in [3.05, 3.63) is 137 Å². The summed E-state index contributed by atoms with van der Waals surface area (Å²) in [5.74, 6) is -1.45. The second kappa shape index (κ2) is 12.4. The molecule has 0 bridgehead atoms. The van der Waals surface area contributed by atoms with Gasteiger partial charge < -0.3 is 10.6 Å². The van der Waals surface area contributed by atoms with Gasteiger partial charge in [-0.1, -0.05) is 78.9 Å².